The normalized spacial score (nSPS) is 11.5. The Hall–Kier alpha value is -1.13. The number of hydrogen-bond donors (Lipinski definition) is 1. The number of ketones is 1. The van der Waals surface area contributed by atoms with E-state index in [9.17, 15) is 4.79 Å². The van der Waals surface area contributed by atoms with Crippen LogP contribution < -0.4 is 5.73 Å². The second-order valence-corrected chi connectivity index (χ2v) is 7.60. The zero-order valence-corrected chi connectivity index (χ0v) is 13.3. The molecule has 0 atom stereocenters. The van der Waals surface area contributed by atoms with Gasteiger partial charge in [-0.1, -0.05) is 12.1 Å². The molecule has 0 radical (unpaired) electrons. The topological polar surface area (TPSA) is 43.1 Å². The highest BCUT2D eigenvalue weighted by molar-refractivity contribution is 9.11. The Morgan fingerprint density at radius 3 is 2.37 bits per heavy atom. The average Bonchev–Trinajstić information content (AvgIpc) is 2.75. The summed E-state index contributed by atoms with van der Waals surface area (Å²) in [5.74, 6) is 0.214. The van der Waals surface area contributed by atoms with Gasteiger partial charge >= 0.3 is 0 Å². The second kappa shape index (κ2) is 5.47. The molecule has 1 heterocycles. The van der Waals surface area contributed by atoms with Crippen LogP contribution in [0.5, 0.6) is 0 Å². The molecule has 0 unspecified atom stereocenters. The van der Waals surface area contributed by atoms with E-state index >= 15 is 0 Å². The van der Waals surface area contributed by atoms with Crippen molar-refractivity contribution in [1.82, 2.24) is 0 Å². The monoisotopic (exact) mass is 337 g/mol. The molecule has 0 saturated heterocycles. The van der Waals surface area contributed by atoms with Crippen molar-refractivity contribution < 1.29 is 4.79 Å². The largest absolute Gasteiger partial charge is 0.399 e. The van der Waals surface area contributed by atoms with Crippen LogP contribution in [-0.2, 0) is 16.6 Å². The maximum atomic E-state index is 12.5. The number of benzene rings is 1. The SMILES string of the molecule is CC(C)(C(=O)Cc1ccc(Br)s1)c1ccc(N)cc1. The molecule has 0 aliphatic heterocycles. The minimum absolute atomic E-state index is 0.214. The summed E-state index contributed by atoms with van der Waals surface area (Å²) in [5, 5.41) is 0. The predicted molar refractivity (Wildman–Crippen MR) is 84.6 cm³/mol. The van der Waals surface area contributed by atoms with Crippen molar-refractivity contribution in [3.63, 3.8) is 0 Å². The summed E-state index contributed by atoms with van der Waals surface area (Å²) < 4.78 is 1.06. The molecule has 2 aromatic rings. The minimum atomic E-state index is -0.496. The van der Waals surface area contributed by atoms with Gasteiger partial charge in [-0.15, -0.1) is 11.3 Å². The van der Waals surface area contributed by atoms with Crippen molar-refractivity contribution in [3.05, 3.63) is 50.6 Å². The third kappa shape index (κ3) is 3.25. The number of halogens is 1. The van der Waals surface area contributed by atoms with Crippen molar-refractivity contribution in [2.24, 2.45) is 0 Å². The van der Waals surface area contributed by atoms with Crippen molar-refractivity contribution >= 4 is 38.7 Å². The van der Waals surface area contributed by atoms with Crippen molar-refractivity contribution in [1.29, 1.82) is 0 Å². The first-order valence-electron chi connectivity index (χ1n) is 6.03. The van der Waals surface area contributed by atoms with Gasteiger partial charge in [0.05, 0.1) is 3.79 Å². The number of hydrogen-bond acceptors (Lipinski definition) is 3. The Kier molecular flexibility index (Phi) is 4.11. The number of carbonyl (C=O) groups is 1. The smallest absolute Gasteiger partial charge is 0.148 e. The van der Waals surface area contributed by atoms with E-state index in [-0.39, 0.29) is 5.78 Å². The second-order valence-electron chi connectivity index (χ2n) is 5.05. The molecule has 2 N–H and O–H groups in total. The van der Waals surface area contributed by atoms with E-state index in [2.05, 4.69) is 15.9 Å². The predicted octanol–water partition coefficient (Wildman–Crippen LogP) is 4.18. The molecule has 2 nitrogen and oxygen atoms in total. The van der Waals surface area contributed by atoms with E-state index in [0.717, 1.165) is 14.2 Å². The van der Waals surface area contributed by atoms with Crippen molar-refractivity contribution in [2.45, 2.75) is 25.7 Å². The number of Topliss-reactive ketones (excluding diaryl/α,β-unsaturated/α-hetero) is 1. The minimum Gasteiger partial charge on any atom is -0.399 e. The third-order valence-electron chi connectivity index (χ3n) is 3.29. The van der Waals surface area contributed by atoms with Crippen LogP contribution in [0.25, 0.3) is 0 Å². The Balaban J connectivity index is 2.19. The lowest BCUT2D eigenvalue weighted by molar-refractivity contribution is -0.122. The Labute approximate surface area is 125 Å². The van der Waals surface area contributed by atoms with E-state index in [1.165, 1.54) is 0 Å². The van der Waals surface area contributed by atoms with Crippen LogP contribution in [-0.4, -0.2) is 5.78 Å². The Morgan fingerprint density at radius 2 is 1.84 bits per heavy atom. The summed E-state index contributed by atoms with van der Waals surface area (Å²) in [5.41, 5.74) is 6.91. The van der Waals surface area contributed by atoms with Crippen LogP contribution in [0.4, 0.5) is 5.69 Å². The highest BCUT2D eigenvalue weighted by Crippen LogP contribution is 2.29. The molecular weight excluding hydrogens is 322 g/mol. The molecule has 1 aromatic carbocycles. The van der Waals surface area contributed by atoms with Crippen molar-refractivity contribution in [3.8, 4) is 0 Å². The number of thiophene rings is 1. The number of nitrogen functional groups attached to an aromatic ring is 1. The lowest BCUT2D eigenvalue weighted by Gasteiger charge is -2.23. The van der Waals surface area contributed by atoms with E-state index in [1.54, 1.807) is 11.3 Å². The van der Waals surface area contributed by atoms with Gasteiger partial charge < -0.3 is 5.73 Å². The number of nitrogens with two attached hydrogens (primary N) is 1. The summed E-state index contributed by atoms with van der Waals surface area (Å²) in [7, 11) is 0. The highest BCUT2D eigenvalue weighted by atomic mass is 79.9. The molecule has 0 aliphatic rings. The van der Waals surface area contributed by atoms with Gasteiger partial charge in [0.2, 0.25) is 0 Å². The molecule has 0 bridgehead atoms. The fraction of sp³-hybridized carbons (Fsp3) is 0.267. The summed E-state index contributed by atoms with van der Waals surface area (Å²) in [4.78, 5) is 13.6. The van der Waals surface area contributed by atoms with Gasteiger partial charge in [-0.05, 0) is 59.6 Å². The van der Waals surface area contributed by atoms with E-state index in [0.29, 0.717) is 12.1 Å². The fourth-order valence-electron chi connectivity index (χ4n) is 1.89. The van der Waals surface area contributed by atoms with Crippen LogP contribution >= 0.6 is 27.3 Å². The van der Waals surface area contributed by atoms with E-state index < -0.39 is 5.41 Å². The highest BCUT2D eigenvalue weighted by Gasteiger charge is 2.29. The number of carbonyl (C=O) groups excluding carboxylic acids is 1. The van der Waals surface area contributed by atoms with Gasteiger partial charge in [0.25, 0.3) is 0 Å². The fourth-order valence-corrected chi connectivity index (χ4v) is 3.37. The van der Waals surface area contributed by atoms with Crippen LogP contribution in [0.1, 0.15) is 24.3 Å². The summed E-state index contributed by atoms with van der Waals surface area (Å²) in [6, 6.07) is 11.5. The number of rotatable bonds is 4. The molecule has 19 heavy (non-hydrogen) atoms. The average molecular weight is 338 g/mol. The first-order valence-corrected chi connectivity index (χ1v) is 7.64. The van der Waals surface area contributed by atoms with Crippen LogP contribution in [0.15, 0.2) is 40.2 Å². The Morgan fingerprint density at radius 1 is 1.21 bits per heavy atom. The van der Waals surface area contributed by atoms with Gasteiger partial charge in [0.1, 0.15) is 5.78 Å². The lowest BCUT2D eigenvalue weighted by atomic mass is 9.79. The molecule has 2 rings (SSSR count). The zero-order chi connectivity index (χ0) is 14.0. The summed E-state index contributed by atoms with van der Waals surface area (Å²) in [6.45, 7) is 3.92. The molecule has 0 aliphatic carbocycles. The van der Waals surface area contributed by atoms with Gasteiger partial charge in [-0.25, -0.2) is 0 Å². The van der Waals surface area contributed by atoms with Crippen LogP contribution in [0.2, 0.25) is 0 Å². The van der Waals surface area contributed by atoms with E-state index in [4.69, 9.17) is 5.73 Å². The zero-order valence-electron chi connectivity index (χ0n) is 10.9. The molecule has 0 amide bonds. The number of anilines is 1. The molecule has 0 fully saturated rings. The molecule has 0 saturated carbocycles. The lowest BCUT2D eigenvalue weighted by Crippen LogP contribution is -2.30. The molecule has 0 spiro atoms. The summed E-state index contributed by atoms with van der Waals surface area (Å²) in [6.07, 6.45) is 0.466. The van der Waals surface area contributed by atoms with Gasteiger partial charge in [-0.3, -0.25) is 4.79 Å². The first kappa shape index (κ1) is 14.3. The summed E-state index contributed by atoms with van der Waals surface area (Å²) >= 11 is 5.02. The molecular formula is C15H16BrNOS. The maximum Gasteiger partial charge on any atom is 0.148 e. The standard InChI is InChI=1S/C15H16BrNOS/c1-15(2,10-3-5-11(17)6-4-10)13(18)9-12-7-8-14(16)19-12/h3-8H,9,17H2,1-2H3. The molecule has 1 aromatic heterocycles. The molecule has 100 valence electrons. The van der Waals surface area contributed by atoms with E-state index in [1.807, 2.05) is 50.2 Å². The van der Waals surface area contributed by atoms with Gasteiger partial charge in [-0.2, -0.15) is 0 Å². The quantitative estimate of drug-likeness (QED) is 0.850. The van der Waals surface area contributed by atoms with Gasteiger partial charge in [0.15, 0.2) is 0 Å². The maximum absolute atomic E-state index is 12.5. The van der Waals surface area contributed by atoms with Crippen LogP contribution in [0.3, 0.4) is 0 Å². The van der Waals surface area contributed by atoms with Gasteiger partial charge in [0, 0.05) is 22.4 Å². The Bertz CT molecular complexity index is 586. The third-order valence-corrected chi connectivity index (χ3v) is 4.92. The molecule has 4 heteroatoms. The first-order chi connectivity index (χ1) is 8.89. The van der Waals surface area contributed by atoms with Crippen molar-refractivity contribution in [2.75, 3.05) is 5.73 Å². The van der Waals surface area contributed by atoms with Crippen LogP contribution in [0, 0.1) is 0 Å².